The van der Waals surface area contributed by atoms with Gasteiger partial charge in [-0.3, -0.25) is 4.79 Å². The Labute approximate surface area is 108 Å². The Balaban J connectivity index is 2.20. The van der Waals surface area contributed by atoms with Crippen LogP contribution < -0.4 is 4.74 Å². The summed E-state index contributed by atoms with van der Waals surface area (Å²) < 4.78 is 39.8. The Morgan fingerprint density at radius 1 is 1.32 bits per heavy atom. The fourth-order valence-corrected chi connectivity index (χ4v) is 2.64. The molecule has 0 spiro atoms. The number of alkyl halides is 3. The summed E-state index contributed by atoms with van der Waals surface area (Å²) in [4.78, 5) is 11.4. The van der Waals surface area contributed by atoms with Crippen molar-refractivity contribution >= 4 is 5.97 Å². The second kappa shape index (κ2) is 4.43. The summed E-state index contributed by atoms with van der Waals surface area (Å²) in [6.07, 6.45) is -3.74. The maximum atomic E-state index is 12.0. The van der Waals surface area contributed by atoms with Gasteiger partial charge in [-0.1, -0.05) is 19.1 Å². The number of hydrogen-bond acceptors (Lipinski definition) is 2. The summed E-state index contributed by atoms with van der Waals surface area (Å²) >= 11 is 0. The predicted octanol–water partition coefficient (Wildman–Crippen LogP) is 3.34. The van der Waals surface area contributed by atoms with Crippen LogP contribution in [0.25, 0.3) is 0 Å². The number of carboxylic acid groups (broad SMARTS) is 1. The first kappa shape index (κ1) is 13.7. The van der Waals surface area contributed by atoms with Gasteiger partial charge >= 0.3 is 12.3 Å². The van der Waals surface area contributed by atoms with Crippen molar-refractivity contribution in [2.45, 2.75) is 31.5 Å². The van der Waals surface area contributed by atoms with Crippen LogP contribution >= 0.6 is 0 Å². The van der Waals surface area contributed by atoms with Gasteiger partial charge in [0.05, 0.1) is 5.41 Å². The second-order valence-corrected chi connectivity index (χ2v) is 4.97. The molecule has 0 aromatic heterocycles. The molecule has 1 aliphatic carbocycles. The lowest BCUT2D eigenvalue weighted by Gasteiger charge is -2.43. The molecular weight excluding hydrogens is 261 g/mol. The minimum Gasteiger partial charge on any atom is -0.481 e. The molecule has 0 saturated heterocycles. The third kappa shape index (κ3) is 2.67. The SMILES string of the molecule is CC1CC(C(=O)O)(c2ccc(OC(F)(F)F)cc2)C1. The van der Waals surface area contributed by atoms with E-state index in [1.165, 1.54) is 12.1 Å². The van der Waals surface area contributed by atoms with Crippen molar-refractivity contribution in [1.29, 1.82) is 0 Å². The zero-order valence-corrected chi connectivity index (χ0v) is 10.2. The third-order valence-electron chi connectivity index (χ3n) is 3.44. The van der Waals surface area contributed by atoms with E-state index in [-0.39, 0.29) is 5.75 Å². The molecule has 1 saturated carbocycles. The maximum Gasteiger partial charge on any atom is 0.573 e. The molecule has 3 nitrogen and oxygen atoms in total. The van der Waals surface area contributed by atoms with Crippen molar-refractivity contribution in [1.82, 2.24) is 0 Å². The second-order valence-electron chi connectivity index (χ2n) is 4.97. The molecule has 0 heterocycles. The van der Waals surface area contributed by atoms with Gasteiger partial charge in [-0.15, -0.1) is 13.2 Å². The van der Waals surface area contributed by atoms with E-state index >= 15 is 0 Å². The number of ether oxygens (including phenoxy) is 1. The van der Waals surface area contributed by atoms with Crippen molar-refractivity contribution in [2.24, 2.45) is 5.92 Å². The molecule has 19 heavy (non-hydrogen) atoms. The first-order valence-electron chi connectivity index (χ1n) is 5.83. The number of carboxylic acids is 1. The summed E-state index contributed by atoms with van der Waals surface area (Å²) in [5.41, 5.74) is -0.441. The van der Waals surface area contributed by atoms with Gasteiger partial charge < -0.3 is 9.84 Å². The van der Waals surface area contributed by atoms with Crippen molar-refractivity contribution in [3.8, 4) is 5.75 Å². The van der Waals surface area contributed by atoms with Gasteiger partial charge in [0.2, 0.25) is 0 Å². The molecule has 1 aromatic rings. The van der Waals surface area contributed by atoms with Crippen LogP contribution in [0.2, 0.25) is 0 Å². The zero-order chi connectivity index (χ0) is 14.3. The number of benzene rings is 1. The van der Waals surface area contributed by atoms with E-state index < -0.39 is 17.7 Å². The van der Waals surface area contributed by atoms with Gasteiger partial charge in [-0.2, -0.15) is 0 Å². The van der Waals surface area contributed by atoms with Crippen LogP contribution in [-0.2, 0) is 10.2 Å². The van der Waals surface area contributed by atoms with Crippen LogP contribution in [0.4, 0.5) is 13.2 Å². The van der Waals surface area contributed by atoms with Gasteiger partial charge in [-0.25, -0.2) is 0 Å². The quantitative estimate of drug-likeness (QED) is 0.919. The van der Waals surface area contributed by atoms with Crippen molar-refractivity contribution in [3.63, 3.8) is 0 Å². The molecule has 0 radical (unpaired) electrons. The van der Waals surface area contributed by atoms with E-state index in [9.17, 15) is 23.1 Å². The zero-order valence-electron chi connectivity index (χ0n) is 10.2. The van der Waals surface area contributed by atoms with E-state index in [0.29, 0.717) is 24.3 Å². The van der Waals surface area contributed by atoms with Crippen LogP contribution in [0, 0.1) is 5.92 Å². The molecular formula is C13H13F3O3. The standard InChI is InChI=1S/C13H13F3O3/c1-8-6-12(7-8,11(17)18)9-2-4-10(5-3-9)19-13(14,15)16/h2-5,8H,6-7H2,1H3,(H,17,18). The molecule has 0 aliphatic heterocycles. The lowest BCUT2D eigenvalue weighted by molar-refractivity contribution is -0.274. The normalized spacial score (nSPS) is 26.6. The Hall–Kier alpha value is -1.72. The first-order chi connectivity index (χ1) is 8.73. The third-order valence-corrected chi connectivity index (χ3v) is 3.44. The van der Waals surface area contributed by atoms with E-state index in [0.717, 1.165) is 12.1 Å². The summed E-state index contributed by atoms with van der Waals surface area (Å²) in [5.74, 6) is -0.971. The Bertz CT molecular complexity index is 473. The summed E-state index contributed by atoms with van der Waals surface area (Å²) in [5, 5.41) is 9.30. The summed E-state index contributed by atoms with van der Waals surface area (Å²) in [6, 6.07) is 5.08. The van der Waals surface area contributed by atoms with Crippen LogP contribution in [0.1, 0.15) is 25.3 Å². The fraction of sp³-hybridized carbons (Fsp3) is 0.462. The molecule has 0 atom stereocenters. The Kier molecular flexibility index (Phi) is 3.20. The molecule has 104 valence electrons. The molecule has 1 aromatic carbocycles. The van der Waals surface area contributed by atoms with Crippen LogP contribution in [0.5, 0.6) is 5.75 Å². The van der Waals surface area contributed by atoms with Crippen LogP contribution in [0.3, 0.4) is 0 Å². The van der Waals surface area contributed by atoms with Crippen molar-refractivity contribution in [2.75, 3.05) is 0 Å². The Morgan fingerprint density at radius 3 is 2.21 bits per heavy atom. The van der Waals surface area contributed by atoms with Gasteiger partial charge in [0.1, 0.15) is 5.75 Å². The molecule has 1 aliphatic rings. The highest BCUT2D eigenvalue weighted by molar-refractivity contribution is 5.82. The average Bonchev–Trinajstić information content (AvgIpc) is 2.23. The smallest absolute Gasteiger partial charge is 0.481 e. The molecule has 0 unspecified atom stereocenters. The topological polar surface area (TPSA) is 46.5 Å². The molecule has 1 fully saturated rings. The number of carbonyl (C=O) groups is 1. The van der Waals surface area contributed by atoms with E-state index in [1.807, 2.05) is 6.92 Å². The highest BCUT2D eigenvalue weighted by Gasteiger charge is 2.49. The first-order valence-corrected chi connectivity index (χ1v) is 5.83. The number of hydrogen-bond donors (Lipinski definition) is 1. The molecule has 2 rings (SSSR count). The molecule has 0 bridgehead atoms. The lowest BCUT2D eigenvalue weighted by Crippen LogP contribution is -2.46. The lowest BCUT2D eigenvalue weighted by atomic mass is 9.59. The fourth-order valence-electron chi connectivity index (χ4n) is 2.64. The number of aliphatic carboxylic acids is 1. The largest absolute Gasteiger partial charge is 0.573 e. The van der Waals surface area contributed by atoms with E-state index in [1.54, 1.807) is 0 Å². The predicted molar refractivity (Wildman–Crippen MR) is 60.8 cm³/mol. The van der Waals surface area contributed by atoms with Crippen LogP contribution in [0.15, 0.2) is 24.3 Å². The van der Waals surface area contributed by atoms with Gasteiger partial charge in [0, 0.05) is 0 Å². The van der Waals surface area contributed by atoms with Gasteiger partial charge in [0.15, 0.2) is 0 Å². The van der Waals surface area contributed by atoms with Crippen molar-refractivity contribution in [3.05, 3.63) is 29.8 Å². The van der Waals surface area contributed by atoms with E-state index in [2.05, 4.69) is 4.74 Å². The van der Waals surface area contributed by atoms with Gasteiger partial charge in [0.25, 0.3) is 0 Å². The highest BCUT2D eigenvalue weighted by Crippen LogP contribution is 2.48. The maximum absolute atomic E-state index is 12.0. The highest BCUT2D eigenvalue weighted by atomic mass is 19.4. The number of halogens is 3. The molecule has 0 amide bonds. The monoisotopic (exact) mass is 274 g/mol. The average molecular weight is 274 g/mol. The Morgan fingerprint density at radius 2 is 1.84 bits per heavy atom. The summed E-state index contributed by atoms with van der Waals surface area (Å²) in [7, 11) is 0. The minimum absolute atomic E-state index is 0.308. The van der Waals surface area contributed by atoms with Gasteiger partial charge in [-0.05, 0) is 36.5 Å². The number of rotatable bonds is 3. The van der Waals surface area contributed by atoms with Crippen molar-refractivity contribution < 1.29 is 27.8 Å². The van der Waals surface area contributed by atoms with E-state index in [4.69, 9.17) is 0 Å². The summed E-state index contributed by atoms with van der Waals surface area (Å²) in [6.45, 7) is 1.95. The minimum atomic E-state index is -4.74. The van der Waals surface area contributed by atoms with Crippen LogP contribution in [-0.4, -0.2) is 17.4 Å². The molecule has 6 heteroatoms. The molecule has 1 N–H and O–H groups in total.